The molecule has 2 N–H and O–H groups in total. The van der Waals surface area contributed by atoms with E-state index in [4.69, 9.17) is 18.9 Å². The summed E-state index contributed by atoms with van der Waals surface area (Å²) in [5, 5.41) is 18.6. The molecule has 1 heterocycles. The van der Waals surface area contributed by atoms with Crippen LogP contribution in [0.5, 0.6) is 17.2 Å². The van der Waals surface area contributed by atoms with Gasteiger partial charge in [0.05, 0.1) is 6.61 Å². The fraction of sp³-hybridized carbons (Fsp3) is 0.364. The van der Waals surface area contributed by atoms with Gasteiger partial charge < -0.3 is 29.0 Å². The van der Waals surface area contributed by atoms with Crippen LogP contribution in [0.1, 0.15) is 10.4 Å². The Bertz CT molecular complexity index is 476. The zero-order valence-electron chi connectivity index (χ0n) is 10.3. The molecule has 0 spiro atoms. The quantitative estimate of drug-likeness (QED) is 0.581. The smallest absolute Gasteiger partial charge is 0.531 e. The van der Waals surface area contributed by atoms with Crippen molar-refractivity contribution in [2.24, 2.45) is 0 Å². The summed E-state index contributed by atoms with van der Waals surface area (Å²) in [6.45, 7) is 0.491. The van der Waals surface area contributed by atoms with Crippen LogP contribution in [0, 0.1) is 0 Å². The van der Waals surface area contributed by atoms with Gasteiger partial charge in [-0.05, 0) is 12.1 Å². The van der Waals surface area contributed by atoms with Crippen molar-refractivity contribution in [3.8, 4) is 17.2 Å². The monoisotopic (exact) mass is 268 g/mol. The van der Waals surface area contributed by atoms with Crippen LogP contribution in [0.4, 0.5) is 0 Å². The van der Waals surface area contributed by atoms with Gasteiger partial charge in [0.2, 0.25) is 0 Å². The molecule has 1 aromatic rings. The molecule has 8 heteroatoms. The summed E-state index contributed by atoms with van der Waals surface area (Å²) in [4.78, 5) is 11.3. The first kappa shape index (κ1) is 13.5. The number of carboxylic acids is 1. The molecule has 0 bridgehead atoms. The number of hydrogen-bond acceptors (Lipinski definition) is 6. The third kappa shape index (κ3) is 2.91. The Morgan fingerprint density at radius 1 is 1.47 bits per heavy atom. The maximum absolute atomic E-state index is 11.3. The molecule has 0 saturated carbocycles. The van der Waals surface area contributed by atoms with Gasteiger partial charge in [-0.25, -0.2) is 4.79 Å². The van der Waals surface area contributed by atoms with Crippen molar-refractivity contribution in [2.75, 3.05) is 26.8 Å². The van der Waals surface area contributed by atoms with Crippen molar-refractivity contribution < 1.29 is 33.8 Å². The maximum atomic E-state index is 11.3. The first-order valence-corrected chi connectivity index (χ1v) is 5.63. The Kier molecular flexibility index (Phi) is 4.13. The molecule has 0 aromatic heterocycles. The van der Waals surface area contributed by atoms with E-state index in [2.05, 4.69) is 0 Å². The van der Waals surface area contributed by atoms with Crippen molar-refractivity contribution in [3.63, 3.8) is 0 Å². The number of carboxylic acid groups (broad SMARTS) is 1. The van der Waals surface area contributed by atoms with E-state index in [1.165, 1.54) is 19.2 Å². The van der Waals surface area contributed by atoms with Crippen molar-refractivity contribution in [3.05, 3.63) is 17.7 Å². The summed E-state index contributed by atoms with van der Waals surface area (Å²) in [6, 6.07) is 3.02. The van der Waals surface area contributed by atoms with E-state index in [9.17, 15) is 14.9 Å². The van der Waals surface area contributed by atoms with E-state index in [0.717, 1.165) is 0 Å². The van der Waals surface area contributed by atoms with Crippen LogP contribution < -0.4 is 14.1 Å². The molecular formula is C11H13BO7. The normalized spacial score (nSPS) is 13.3. The van der Waals surface area contributed by atoms with Crippen LogP contribution in [0.2, 0.25) is 0 Å². The molecule has 0 unspecified atom stereocenters. The SMILES string of the molecule is COCCOc1ccc2c(c1C(=O)O)OB(O)CO2. The van der Waals surface area contributed by atoms with Gasteiger partial charge in [-0.15, -0.1) is 0 Å². The minimum atomic E-state index is -1.22. The lowest BCUT2D eigenvalue weighted by molar-refractivity contribution is 0.0685. The highest BCUT2D eigenvalue weighted by atomic mass is 16.6. The molecular weight excluding hydrogens is 255 g/mol. The number of methoxy groups -OCH3 is 1. The zero-order valence-corrected chi connectivity index (χ0v) is 10.3. The third-order valence-corrected chi connectivity index (χ3v) is 2.48. The van der Waals surface area contributed by atoms with Gasteiger partial charge in [-0.3, -0.25) is 0 Å². The molecule has 2 rings (SSSR count). The molecule has 0 aliphatic carbocycles. The highest BCUT2D eigenvalue weighted by molar-refractivity contribution is 6.44. The highest BCUT2D eigenvalue weighted by Crippen LogP contribution is 2.39. The lowest BCUT2D eigenvalue weighted by atomic mass is 9.91. The van der Waals surface area contributed by atoms with Crippen molar-refractivity contribution >= 4 is 13.1 Å². The van der Waals surface area contributed by atoms with Gasteiger partial charge in [0.1, 0.15) is 24.4 Å². The lowest BCUT2D eigenvalue weighted by Gasteiger charge is -2.23. The summed E-state index contributed by atoms with van der Waals surface area (Å²) in [7, 11) is 0.321. The number of benzene rings is 1. The topological polar surface area (TPSA) is 94.5 Å². The van der Waals surface area contributed by atoms with Crippen LogP contribution in [-0.2, 0) is 4.74 Å². The standard InChI is InChI=1S/C11H13BO7/c1-16-4-5-17-7-2-3-8-10(9(7)11(13)14)19-12(15)6-18-8/h2-3,15H,4-6H2,1H3,(H,13,14). The van der Waals surface area contributed by atoms with Crippen LogP contribution in [0.15, 0.2) is 12.1 Å². The van der Waals surface area contributed by atoms with Gasteiger partial charge in [0.15, 0.2) is 11.5 Å². The number of ether oxygens (including phenoxy) is 3. The first-order chi connectivity index (χ1) is 9.13. The molecule has 1 aliphatic heterocycles. The van der Waals surface area contributed by atoms with Gasteiger partial charge in [0.25, 0.3) is 0 Å². The summed E-state index contributed by atoms with van der Waals surface area (Å²) >= 11 is 0. The Morgan fingerprint density at radius 3 is 2.95 bits per heavy atom. The molecule has 0 fully saturated rings. The van der Waals surface area contributed by atoms with Gasteiger partial charge in [-0.1, -0.05) is 0 Å². The Hall–Kier alpha value is -1.93. The maximum Gasteiger partial charge on any atom is 0.563 e. The third-order valence-electron chi connectivity index (χ3n) is 2.48. The van der Waals surface area contributed by atoms with Crippen LogP contribution in [0.25, 0.3) is 0 Å². The number of carbonyl (C=O) groups is 1. The summed E-state index contributed by atoms with van der Waals surface area (Å²) in [6.07, 6.45) is 0. The van der Waals surface area contributed by atoms with Crippen molar-refractivity contribution in [1.29, 1.82) is 0 Å². The van der Waals surface area contributed by atoms with Gasteiger partial charge in [0, 0.05) is 7.11 Å². The number of hydrogen-bond donors (Lipinski definition) is 2. The molecule has 0 atom stereocenters. The molecule has 19 heavy (non-hydrogen) atoms. The van der Waals surface area contributed by atoms with E-state index in [1.54, 1.807) is 0 Å². The molecule has 0 saturated heterocycles. The fourth-order valence-corrected chi connectivity index (χ4v) is 1.67. The summed E-state index contributed by atoms with van der Waals surface area (Å²) < 4.78 is 20.4. The molecule has 1 aliphatic rings. The van der Waals surface area contributed by atoms with E-state index >= 15 is 0 Å². The number of aromatic carboxylic acids is 1. The van der Waals surface area contributed by atoms with Gasteiger partial charge in [-0.2, -0.15) is 0 Å². The average Bonchev–Trinajstić information content (AvgIpc) is 2.38. The minimum Gasteiger partial charge on any atom is -0.531 e. The Balaban J connectivity index is 2.33. The largest absolute Gasteiger partial charge is 0.563 e. The second kappa shape index (κ2) is 5.81. The van der Waals surface area contributed by atoms with Crippen molar-refractivity contribution in [1.82, 2.24) is 0 Å². The van der Waals surface area contributed by atoms with Gasteiger partial charge >= 0.3 is 13.1 Å². The van der Waals surface area contributed by atoms with E-state index in [-0.39, 0.29) is 35.9 Å². The van der Waals surface area contributed by atoms with Crippen molar-refractivity contribution in [2.45, 2.75) is 0 Å². The fourth-order valence-electron chi connectivity index (χ4n) is 1.67. The predicted octanol–water partition coefficient (Wildman–Crippen LogP) is 0.201. The number of rotatable bonds is 5. The molecule has 102 valence electrons. The molecule has 7 nitrogen and oxygen atoms in total. The van der Waals surface area contributed by atoms with Crippen LogP contribution in [0.3, 0.4) is 0 Å². The second-order valence-electron chi connectivity index (χ2n) is 3.80. The lowest BCUT2D eigenvalue weighted by Crippen LogP contribution is -2.34. The summed E-state index contributed by atoms with van der Waals surface area (Å²) in [5.41, 5.74) is -0.174. The Labute approximate surface area is 109 Å². The molecule has 1 aromatic carbocycles. The number of fused-ring (bicyclic) bond motifs is 1. The van der Waals surface area contributed by atoms with Crippen LogP contribution >= 0.6 is 0 Å². The molecule has 0 radical (unpaired) electrons. The van der Waals surface area contributed by atoms with E-state index in [0.29, 0.717) is 6.61 Å². The average molecular weight is 268 g/mol. The zero-order chi connectivity index (χ0) is 13.8. The summed E-state index contributed by atoms with van der Waals surface area (Å²) in [5.74, 6) is -0.842. The predicted molar refractivity (Wildman–Crippen MR) is 64.9 cm³/mol. The van der Waals surface area contributed by atoms with E-state index < -0.39 is 13.1 Å². The highest BCUT2D eigenvalue weighted by Gasteiger charge is 2.31. The Morgan fingerprint density at radius 2 is 2.26 bits per heavy atom. The minimum absolute atomic E-state index is 0.0267. The second-order valence-corrected chi connectivity index (χ2v) is 3.80. The molecule has 0 amide bonds. The first-order valence-electron chi connectivity index (χ1n) is 5.63. The van der Waals surface area contributed by atoms with E-state index in [1.807, 2.05) is 0 Å². The van der Waals surface area contributed by atoms with Crippen LogP contribution in [-0.4, -0.2) is 50.0 Å².